The van der Waals surface area contributed by atoms with Crippen molar-refractivity contribution in [3.05, 3.63) is 69.8 Å². The molecular weight excluding hydrogens is 317 g/mol. The Kier molecular flexibility index (Phi) is 5.19. The quantitative estimate of drug-likeness (QED) is 0.464. The molecule has 2 aromatic rings. The van der Waals surface area contributed by atoms with Crippen LogP contribution in [-0.4, -0.2) is 20.7 Å². The van der Waals surface area contributed by atoms with Crippen molar-refractivity contribution in [3.63, 3.8) is 0 Å². The van der Waals surface area contributed by atoms with Crippen molar-refractivity contribution in [3.8, 4) is 5.75 Å². The Bertz CT molecular complexity index is 587. The van der Waals surface area contributed by atoms with Crippen molar-refractivity contribution in [1.29, 1.82) is 0 Å². The summed E-state index contributed by atoms with van der Waals surface area (Å²) in [6.45, 7) is 0.341. The van der Waals surface area contributed by atoms with Crippen molar-refractivity contribution in [2.24, 2.45) is 0 Å². The van der Waals surface area contributed by atoms with Gasteiger partial charge >= 0.3 is 124 Å². The van der Waals surface area contributed by atoms with Crippen molar-refractivity contribution in [1.82, 2.24) is 0 Å². The molecule has 2 rings (SSSR count). The van der Waals surface area contributed by atoms with Crippen LogP contribution in [0.4, 0.5) is 5.69 Å². The predicted octanol–water partition coefficient (Wildman–Crippen LogP) is 3.16. The van der Waals surface area contributed by atoms with Gasteiger partial charge < -0.3 is 0 Å². The molecule has 0 radical (unpaired) electrons. The zero-order chi connectivity index (χ0) is 14.4. The predicted molar refractivity (Wildman–Crippen MR) is 80.6 cm³/mol. The van der Waals surface area contributed by atoms with E-state index in [-0.39, 0.29) is 21.4 Å². The minimum atomic E-state index is -0.396. The van der Waals surface area contributed by atoms with Crippen LogP contribution in [0.1, 0.15) is 11.1 Å². The van der Waals surface area contributed by atoms with E-state index in [1.165, 1.54) is 6.07 Å². The third-order valence-electron chi connectivity index (χ3n) is 2.84. The van der Waals surface area contributed by atoms with Crippen LogP contribution in [0.2, 0.25) is 5.71 Å². The SMILES string of the molecule is C[AsH]Cc1ccc([N+](=O)[O-])c(OCc2ccccc2)c1. The zero-order valence-electron chi connectivity index (χ0n) is 11.2. The Morgan fingerprint density at radius 1 is 1.15 bits per heavy atom. The molecule has 0 heterocycles. The maximum absolute atomic E-state index is 11.0. The zero-order valence-corrected chi connectivity index (χ0v) is 13.3. The summed E-state index contributed by atoms with van der Waals surface area (Å²) >= 11 is -0.0102. The molecule has 0 bridgehead atoms. The summed E-state index contributed by atoms with van der Waals surface area (Å²) in [5.41, 5.74) is 4.34. The van der Waals surface area contributed by atoms with Gasteiger partial charge in [-0.05, 0) is 0 Å². The van der Waals surface area contributed by atoms with Crippen LogP contribution in [0.15, 0.2) is 48.5 Å². The molecule has 2 aromatic carbocycles. The second-order valence-corrected chi connectivity index (χ2v) is 6.59. The molecule has 0 aliphatic carbocycles. The molecule has 104 valence electrons. The number of ether oxygens (including phenoxy) is 1. The van der Waals surface area contributed by atoms with E-state index in [0.717, 1.165) is 16.3 Å². The number of rotatable bonds is 6. The van der Waals surface area contributed by atoms with Crippen molar-refractivity contribution in [2.45, 2.75) is 17.5 Å². The fourth-order valence-electron chi connectivity index (χ4n) is 1.87. The van der Waals surface area contributed by atoms with Crippen LogP contribution in [-0.2, 0) is 11.8 Å². The van der Waals surface area contributed by atoms with Crippen LogP contribution in [0, 0.1) is 10.1 Å². The van der Waals surface area contributed by atoms with Gasteiger partial charge in [-0.2, -0.15) is 0 Å². The molecule has 1 atom stereocenters. The standard InChI is InChI=1S/C15H16AsNO3/c1-16-10-13-7-8-14(17(18)19)15(9-13)20-11-12-5-3-2-4-6-12/h2-9,16H,10-11H2,1H3. The number of hydrogen-bond acceptors (Lipinski definition) is 3. The average molecular weight is 333 g/mol. The maximum atomic E-state index is 11.0. The van der Waals surface area contributed by atoms with E-state index in [0.29, 0.717) is 12.4 Å². The fourth-order valence-corrected chi connectivity index (χ4v) is 3.19. The van der Waals surface area contributed by atoms with Gasteiger partial charge in [0.1, 0.15) is 0 Å². The molecule has 0 aliphatic heterocycles. The van der Waals surface area contributed by atoms with Crippen LogP contribution >= 0.6 is 0 Å². The van der Waals surface area contributed by atoms with Crippen LogP contribution < -0.4 is 4.74 Å². The van der Waals surface area contributed by atoms with Gasteiger partial charge in [0.2, 0.25) is 0 Å². The van der Waals surface area contributed by atoms with Gasteiger partial charge in [-0.25, -0.2) is 0 Å². The summed E-state index contributed by atoms with van der Waals surface area (Å²) in [4.78, 5) is 10.6. The molecule has 20 heavy (non-hydrogen) atoms. The molecule has 0 fully saturated rings. The van der Waals surface area contributed by atoms with Crippen LogP contribution in [0.3, 0.4) is 0 Å². The summed E-state index contributed by atoms with van der Waals surface area (Å²) in [6, 6.07) is 14.8. The fraction of sp³-hybridized carbons (Fsp3) is 0.200. The molecule has 0 saturated carbocycles. The summed E-state index contributed by atoms with van der Waals surface area (Å²) in [5, 5.41) is 12.0. The first-order valence-corrected chi connectivity index (χ1v) is 9.87. The summed E-state index contributed by atoms with van der Waals surface area (Å²) in [6.07, 6.45) is 0. The van der Waals surface area contributed by atoms with E-state index < -0.39 is 4.92 Å². The second-order valence-electron chi connectivity index (χ2n) is 4.36. The van der Waals surface area contributed by atoms with Gasteiger partial charge in [-0.15, -0.1) is 0 Å². The van der Waals surface area contributed by atoms with E-state index in [2.05, 4.69) is 5.71 Å². The number of hydrogen-bond donors (Lipinski definition) is 0. The normalized spacial score (nSPS) is 10.8. The van der Waals surface area contributed by atoms with Crippen LogP contribution in [0.5, 0.6) is 5.75 Å². The Balaban J connectivity index is 2.19. The van der Waals surface area contributed by atoms with Crippen molar-refractivity contribution >= 4 is 21.4 Å². The molecule has 5 heteroatoms. The summed E-state index contributed by atoms with van der Waals surface area (Å²) in [7, 11) is 0. The molecule has 1 unspecified atom stereocenters. The molecule has 0 amide bonds. The summed E-state index contributed by atoms with van der Waals surface area (Å²) in [5.74, 6) is 0.358. The van der Waals surface area contributed by atoms with Gasteiger partial charge in [-0.3, -0.25) is 0 Å². The van der Waals surface area contributed by atoms with E-state index in [4.69, 9.17) is 4.74 Å². The number of nitro groups is 1. The Morgan fingerprint density at radius 2 is 1.90 bits per heavy atom. The molecule has 4 nitrogen and oxygen atoms in total. The Hall–Kier alpha value is -1.80. The van der Waals surface area contributed by atoms with E-state index in [1.807, 2.05) is 36.4 Å². The average Bonchev–Trinajstić information content (AvgIpc) is 2.46. The number of nitrogens with zero attached hydrogens (tertiary/aromatic N) is 1. The number of benzene rings is 2. The van der Waals surface area contributed by atoms with Gasteiger partial charge in [0, 0.05) is 0 Å². The van der Waals surface area contributed by atoms with Gasteiger partial charge in [0.05, 0.1) is 0 Å². The third kappa shape index (κ3) is 3.84. The van der Waals surface area contributed by atoms with E-state index in [1.54, 1.807) is 6.07 Å². The minimum absolute atomic E-state index is 0.0102. The van der Waals surface area contributed by atoms with Gasteiger partial charge in [-0.1, -0.05) is 0 Å². The first-order valence-electron chi connectivity index (χ1n) is 6.29. The molecule has 0 N–H and O–H groups in total. The molecular formula is C15H16AsNO3. The van der Waals surface area contributed by atoms with Crippen molar-refractivity contribution < 1.29 is 9.66 Å². The molecule has 0 saturated heterocycles. The van der Waals surface area contributed by atoms with Crippen LogP contribution in [0.25, 0.3) is 0 Å². The number of nitro benzene ring substituents is 1. The first kappa shape index (κ1) is 14.6. The van der Waals surface area contributed by atoms with E-state index in [9.17, 15) is 10.1 Å². The second kappa shape index (κ2) is 7.11. The van der Waals surface area contributed by atoms with Gasteiger partial charge in [0.25, 0.3) is 0 Å². The topological polar surface area (TPSA) is 52.4 Å². The molecule has 0 aromatic heterocycles. The van der Waals surface area contributed by atoms with E-state index >= 15 is 0 Å². The van der Waals surface area contributed by atoms with Crippen molar-refractivity contribution in [2.75, 3.05) is 0 Å². The molecule has 0 aliphatic rings. The Morgan fingerprint density at radius 3 is 2.55 bits per heavy atom. The Labute approximate surface area is 124 Å². The summed E-state index contributed by atoms with van der Waals surface area (Å²) < 4.78 is 5.64. The third-order valence-corrected chi connectivity index (χ3v) is 4.44. The molecule has 0 spiro atoms. The first-order chi connectivity index (χ1) is 9.70. The monoisotopic (exact) mass is 333 g/mol. The van der Waals surface area contributed by atoms with Gasteiger partial charge in [0.15, 0.2) is 0 Å².